The summed E-state index contributed by atoms with van der Waals surface area (Å²) in [7, 11) is 0. The molecular formula is C15H22N2O4S. The molecule has 22 heavy (non-hydrogen) atoms. The molecule has 1 aromatic heterocycles. The van der Waals surface area contributed by atoms with Crippen molar-refractivity contribution in [3.05, 3.63) is 16.1 Å². The van der Waals surface area contributed by atoms with Gasteiger partial charge in [0.2, 0.25) is 5.91 Å². The molecule has 0 aromatic carbocycles. The van der Waals surface area contributed by atoms with E-state index in [0.29, 0.717) is 26.1 Å². The Kier molecular flexibility index (Phi) is 6.33. The minimum absolute atomic E-state index is 0.142. The van der Waals surface area contributed by atoms with Gasteiger partial charge in [-0.1, -0.05) is 0 Å². The molecule has 1 fully saturated rings. The summed E-state index contributed by atoms with van der Waals surface area (Å²) in [6, 6.07) is -0.852. The number of aryl methyl sites for hydroxylation is 2. The van der Waals surface area contributed by atoms with Crippen molar-refractivity contribution in [2.24, 2.45) is 5.92 Å². The average molecular weight is 326 g/mol. The molecular weight excluding hydrogens is 304 g/mol. The molecule has 2 N–H and O–H groups in total. The standard InChI is InChI=1S/C15H22N2O4S/c1-10-16-12(9-22-10)5-2-6-13(18)17-14(15(19)20)11-4-3-7-21-8-11/h9,11,14H,2-8H2,1H3,(H,17,18)(H,19,20). The quantitative estimate of drug-likeness (QED) is 0.797. The minimum atomic E-state index is -0.987. The van der Waals surface area contributed by atoms with E-state index in [1.165, 1.54) is 0 Å². The number of carbonyl (C=O) groups is 2. The highest BCUT2D eigenvalue weighted by atomic mass is 32.1. The fourth-order valence-corrected chi connectivity index (χ4v) is 3.26. The SMILES string of the molecule is Cc1nc(CCCC(=O)NC(C(=O)O)C2CCCOC2)cs1. The predicted octanol–water partition coefficient (Wildman–Crippen LogP) is 1.77. The molecule has 2 atom stereocenters. The highest BCUT2D eigenvalue weighted by molar-refractivity contribution is 7.09. The van der Waals surface area contributed by atoms with Crippen LogP contribution in [-0.4, -0.2) is 41.2 Å². The first-order valence-corrected chi connectivity index (χ1v) is 8.45. The molecule has 1 aromatic rings. The summed E-state index contributed by atoms with van der Waals surface area (Å²) >= 11 is 1.59. The van der Waals surface area contributed by atoms with Crippen LogP contribution in [0, 0.1) is 12.8 Å². The second-order valence-electron chi connectivity index (χ2n) is 5.57. The van der Waals surface area contributed by atoms with Gasteiger partial charge in [-0.25, -0.2) is 9.78 Å². The lowest BCUT2D eigenvalue weighted by molar-refractivity contribution is -0.145. The number of aromatic nitrogens is 1. The molecule has 0 radical (unpaired) electrons. The van der Waals surface area contributed by atoms with E-state index in [0.717, 1.165) is 30.0 Å². The lowest BCUT2D eigenvalue weighted by atomic mass is 9.93. The van der Waals surface area contributed by atoms with Crippen LogP contribution in [0.5, 0.6) is 0 Å². The van der Waals surface area contributed by atoms with Gasteiger partial charge in [-0.15, -0.1) is 11.3 Å². The molecule has 0 bridgehead atoms. The Labute approximate surface area is 133 Å². The summed E-state index contributed by atoms with van der Waals surface area (Å²) in [5.41, 5.74) is 0.991. The molecule has 2 heterocycles. The number of ether oxygens (including phenoxy) is 1. The van der Waals surface area contributed by atoms with Crippen LogP contribution in [0.4, 0.5) is 0 Å². The smallest absolute Gasteiger partial charge is 0.326 e. The van der Waals surface area contributed by atoms with Crippen LogP contribution in [0.3, 0.4) is 0 Å². The van der Waals surface area contributed by atoms with Crippen molar-refractivity contribution in [2.75, 3.05) is 13.2 Å². The Morgan fingerprint density at radius 2 is 2.41 bits per heavy atom. The fourth-order valence-electron chi connectivity index (χ4n) is 2.61. The van der Waals surface area contributed by atoms with Crippen molar-refractivity contribution >= 4 is 23.2 Å². The predicted molar refractivity (Wildman–Crippen MR) is 82.9 cm³/mol. The summed E-state index contributed by atoms with van der Waals surface area (Å²) in [6.45, 7) is 3.02. The number of amides is 1. The van der Waals surface area contributed by atoms with Crippen molar-refractivity contribution in [2.45, 2.75) is 45.1 Å². The van der Waals surface area contributed by atoms with Crippen LogP contribution in [0.1, 0.15) is 36.4 Å². The Hall–Kier alpha value is -1.47. The number of rotatable bonds is 7. The number of hydrogen-bond acceptors (Lipinski definition) is 5. The van der Waals surface area contributed by atoms with Crippen molar-refractivity contribution in [3.8, 4) is 0 Å². The van der Waals surface area contributed by atoms with Crippen molar-refractivity contribution < 1.29 is 19.4 Å². The number of hydrogen-bond donors (Lipinski definition) is 2. The molecule has 7 heteroatoms. The van der Waals surface area contributed by atoms with Crippen LogP contribution >= 0.6 is 11.3 Å². The third kappa shape index (κ3) is 5.06. The van der Waals surface area contributed by atoms with Gasteiger partial charge in [-0.2, -0.15) is 0 Å². The zero-order valence-corrected chi connectivity index (χ0v) is 13.5. The molecule has 1 saturated heterocycles. The van der Waals surface area contributed by atoms with Gasteiger partial charge < -0.3 is 15.2 Å². The van der Waals surface area contributed by atoms with Crippen LogP contribution in [0.2, 0.25) is 0 Å². The molecule has 0 saturated carbocycles. The number of nitrogens with one attached hydrogen (secondary N) is 1. The Balaban J connectivity index is 1.76. The lowest BCUT2D eigenvalue weighted by Crippen LogP contribution is -2.48. The van der Waals surface area contributed by atoms with E-state index in [1.54, 1.807) is 11.3 Å². The zero-order valence-electron chi connectivity index (χ0n) is 12.7. The Bertz CT molecular complexity index is 511. The second-order valence-corrected chi connectivity index (χ2v) is 6.63. The number of thiazole rings is 1. The minimum Gasteiger partial charge on any atom is -0.480 e. The molecule has 1 amide bonds. The number of nitrogens with zero attached hydrogens (tertiary/aromatic N) is 1. The highest BCUT2D eigenvalue weighted by Gasteiger charge is 2.31. The van der Waals surface area contributed by atoms with E-state index >= 15 is 0 Å². The summed E-state index contributed by atoms with van der Waals surface area (Å²) in [6.07, 6.45) is 3.33. The van der Waals surface area contributed by atoms with Crippen molar-refractivity contribution in [1.82, 2.24) is 10.3 Å². The van der Waals surface area contributed by atoms with Gasteiger partial charge in [-0.05, 0) is 32.6 Å². The van der Waals surface area contributed by atoms with Crippen LogP contribution in [-0.2, 0) is 20.7 Å². The van der Waals surface area contributed by atoms with Crippen LogP contribution < -0.4 is 5.32 Å². The first kappa shape index (κ1) is 16.9. The maximum atomic E-state index is 12.0. The van der Waals surface area contributed by atoms with E-state index < -0.39 is 12.0 Å². The van der Waals surface area contributed by atoms with Gasteiger partial charge in [0, 0.05) is 24.3 Å². The molecule has 0 spiro atoms. The van der Waals surface area contributed by atoms with Gasteiger partial charge >= 0.3 is 5.97 Å². The van der Waals surface area contributed by atoms with E-state index in [1.807, 2.05) is 12.3 Å². The molecule has 6 nitrogen and oxygen atoms in total. The van der Waals surface area contributed by atoms with Gasteiger partial charge in [0.25, 0.3) is 0 Å². The number of aliphatic carboxylic acids is 1. The molecule has 1 aliphatic rings. The maximum absolute atomic E-state index is 12.0. The topological polar surface area (TPSA) is 88.5 Å². The number of carbonyl (C=O) groups excluding carboxylic acids is 1. The van der Waals surface area contributed by atoms with Gasteiger partial charge in [0.15, 0.2) is 0 Å². The largest absolute Gasteiger partial charge is 0.480 e. The highest BCUT2D eigenvalue weighted by Crippen LogP contribution is 2.18. The van der Waals surface area contributed by atoms with Crippen LogP contribution in [0.25, 0.3) is 0 Å². The van der Waals surface area contributed by atoms with Crippen molar-refractivity contribution in [1.29, 1.82) is 0 Å². The fraction of sp³-hybridized carbons (Fsp3) is 0.667. The van der Waals surface area contributed by atoms with Gasteiger partial charge in [0.05, 0.1) is 17.3 Å². The molecule has 2 unspecified atom stereocenters. The number of carboxylic acids is 1. The maximum Gasteiger partial charge on any atom is 0.326 e. The molecule has 0 aliphatic carbocycles. The summed E-state index contributed by atoms with van der Waals surface area (Å²) < 4.78 is 5.31. The monoisotopic (exact) mass is 326 g/mol. The van der Waals surface area contributed by atoms with Gasteiger partial charge in [-0.3, -0.25) is 4.79 Å². The Morgan fingerprint density at radius 3 is 3.00 bits per heavy atom. The third-order valence-corrected chi connectivity index (χ3v) is 4.58. The van der Waals surface area contributed by atoms with Crippen molar-refractivity contribution in [3.63, 3.8) is 0 Å². The van der Waals surface area contributed by atoms with E-state index in [2.05, 4.69) is 10.3 Å². The zero-order chi connectivity index (χ0) is 15.9. The average Bonchev–Trinajstić information content (AvgIpc) is 2.91. The summed E-state index contributed by atoms with van der Waals surface area (Å²) in [5, 5.41) is 15.0. The number of carboxylic acid groups (broad SMARTS) is 1. The Morgan fingerprint density at radius 1 is 1.59 bits per heavy atom. The molecule has 1 aliphatic heterocycles. The van der Waals surface area contributed by atoms with E-state index in [-0.39, 0.29) is 11.8 Å². The third-order valence-electron chi connectivity index (χ3n) is 3.75. The normalized spacial score (nSPS) is 19.6. The summed E-state index contributed by atoms with van der Waals surface area (Å²) in [4.78, 5) is 27.7. The summed E-state index contributed by atoms with van der Waals surface area (Å²) in [5.74, 6) is -1.35. The molecule has 122 valence electrons. The van der Waals surface area contributed by atoms with Gasteiger partial charge in [0.1, 0.15) is 6.04 Å². The first-order chi connectivity index (χ1) is 10.6. The first-order valence-electron chi connectivity index (χ1n) is 7.57. The molecule has 2 rings (SSSR count). The van der Waals surface area contributed by atoms with Crippen LogP contribution in [0.15, 0.2) is 5.38 Å². The second kappa shape index (κ2) is 8.24. The lowest BCUT2D eigenvalue weighted by Gasteiger charge is -2.28. The van der Waals surface area contributed by atoms with E-state index in [9.17, 15) is 14.7 Å². The van der Waals surface area contributed by atoms with E-state index in [4.69, 9.17) is 4.74 Å².